The molecule has 0 aromatic carbocycles. The lowest BCUT2D eigenvalue weighted by Gasteiger charge is -1.91. The predicted molar refractivity (Wildman–Crippen MR) is 53.9 cm³/mol. The summed E-state index contributed by atoms with van der Waals surface area (Å²) in [7, 11) is 1.32. The van der Waals surface area contributed by atoms with Crippen molar-refractivity contribution in [1.29, 1.82) is 0 Å². The van der Waals surface area contributed by atoms with Crippen molar-refractivity contribution in [3.63, 3.8) is 0 Å². The van der Waals surface area contributed by atoms with Crippen LogP contribution in [0.4, 0.5) is 0 Å². The van der Waals surface area contributed by atoms with Crippen LogP contribution >= 0.6 is 11.3 Å². The third-order valence-electron chi connectivity index (χ3n) is 1.45. The second-order valence-electron chi connectivity index (χ2n) is 2.47. The smallest absolute Gasteiger partial charge is 0.338 e. The molecule has 1 rings (SSSR count). The Balaban J connectivity index is 2.78. The van der Waals surface area contributed by atoms with Crippen molar-refractivity contribution >= 4 is 29.3 Å². The molecule has 5 heteroatoms. The molecule has 1 aromatic rings. The van der Waals surface area contributed by atoms with Crippen LogP contribution in [-0.4, -0.2) is 19.0 Å². The number of amides is 1. The Bertz CT molecular complexity index is 381. The molecule has 2 N–H and O–H groups in total. The Labute approximate surface area is 85.0 Å². The van der Waals surface area contributed by atoms with Crippen molar-refractivity contribution in [1.82, 2.24) is 0 Å². The van der Waals surface area contributed by atoms with Crippen LogP contribution < -0.4 is 5.73 Å². The number of hydrogen-bond acceptors (Lipinski definition) is 4. The summed E-state index contributed by atoms with van der Waals surface area (Å²) in [6, 6.07) is 1.63. The van der Waals surface area contributed by atoms with E-state index < -0.39 is 5.91 Å². The SMILES string of the molecule is COC(=O)c1csc(C=CC(N)=O)c1. The zero-order valence-corrected chi connectivity index (χ0v) is 8.34. The highest BCUT2D eigenvalue weighted by Crippen LogP contribution is 2.16. The number of methoxy groups -OCH3 is 1. The van der Waals surface area contributed by atoms with E-state index in [4.69, 9.17) is 5.73 Å². The van der Waals surface area contributed by atoms with E-state index in [0.717, 1.165) is 4.88 Å². The predicted octanol–water partition coefficient (Wildman–Crippen LogP) is 1.03. The lowest BCUT2D eigenvalue weighted by atomic mass is 10.3. The van der Waals surface area contributed by atoms with Gasteiger partial charge in [-0.05, 0) is 12.1 Å². The molecule has 0 fully saturated rings. The molecule has 1 aromatic heterocycles. The Morgan fingerprint density at radius 3 is 2.86 bits per heavy atom. The van der Waals surface area contributed by atoms with Gasteiger partial charge in [0.1, 0.15) is 0 Å². The first-order valence-electron chi connectivity index (χ1n) is 3.78. The van der Waals surface area contributed by atoms with E-state index in [1.807, 2.05) is 0 Å². The van der Waals surface area contributed by atoms with Crippen molar-refractivity contribution in [2.24, 2.45) is 5.73 Å². The molecule has 1 amide bonds. The van der Waals surface area contributed by atoms with Gasteiger partial charge in [0.05, 0.1) is 12.7 Å². The van der Waals surface area contributed by atoms with Gasteiger partial charge in [-0.3, -0.25) is 4.79 Å². The van der Waals surface area contributed by atoms with Crippen molar-refractivity contribution in [3.8, 4) is 0 Å². The average Bonchev–Trinajstić information content (AvgIpc) is 2.62. The normalized spacial score (nSPS) is 10.4. The highest BCUT2D eigenvalue weighted by atomic mass is 32.1. The molecule has 74 valence electrons. The highest BCUT2D eigenvalue weighted by Gasteiger charge is 2.06. The Morgan fingerprint density at radius 1 is 1.57 bits per heavy atom. The molecular formula is C9H9NO3S. The quantitative estimate of drug-likeness (QED) is 0.599. The summed E-state index contributed by atoms with van der Waals surface area (Å²) >= 11 is 1.34. The minimum Gasteiger partial charge on any atom is -0.465 e. The number of carbonyl (C=O) groups excluding carboxylic acids is 2. The van der Waals surface area contributed by atoms with Gasteiger partial charge in [-0.25, -0.2) is 4.79 Å². The van der Waals surface area contributed by atoms with E-state index in [9.17, 15) is 9.59 Å². The number of hydrogen-bond donors (Lipinski definition) is 1. The number of ether oxygens (including phenoxy) is 1. The first-order chi connectivity index (χ1) is 6.63. The summed E-state index contributed by atoms with van der Waals surface area (Å²) in [6.07, 6.45) is 2.80. The van der Waals surface area contributed by atoms with Crippen LogP contribution in [0, 0.1) is 0 Å². The molecule has 0 aliphatic rings. The van der Waals surface area contributed by atoms with Gasteiger partial charge in [0.2, 0.25) is 5.91 Å². The number of thiophene rings is 1. The third-order valence-corrected chi connectivity index (χ3v) is 2.35. The second-order valence-corrected chi connectivity index (χ2v) is 3.41. The van der Waals surface area contributed by atoms with Crippen molar-refractivity contribution in [2.45, 2.75) is 0 Å². The molecule has 14 heavy (non-hydrogen) atoms. The molecule has 0 atom stereocenters. The van der Waals surface area contributed by atoms with E-state index in [2.05, 4.69) is 4.74 Å². The van der Waals surface area contributed by atoms with Crippen LogP contribution in [0.15, 0.2) is 17.5 Å². The number of carbonyl (C=O) groups is 2. The van der Waals surface area contributed by atoms with Crippen molar-refractivity contribution in [2.75, 3.05) is 7.11 Å². The maximum Gasteiger partial charge on any atom is 0.338 e. The third kappa shape index (κ3) is 2.70. The first kappa shape index (κ1) is 10.5. The van der Waals surface area contributed by atoms with Crippen LogP contribution in [0.1, 0.15) is 15.2 Å². The van der Waals surface area contributed by atoms with E-state index in [0.29, 0.717) is 5.56 Å². The van der Waals surface area contributed by atoms with Crippen LogP contribution in [0.25, 0.3) is 6.08 Å². The lowest BCUT2D eigenvalue weighted by molar-refractivity contribution is -0.113. The Morgan fingerprint density at radius 2 is 2.29 bits per heavy atom. The van der Waals surface area contributed by atoms with Crippen LogP contribution in [0.3, 0.4) is 0 Å². The van der Waals surface area contributed by atoms with Gasteiger partial charge >= 0.3 is 5.97 Å². The van der Waals surface area contributed by atoms with Gasteiger partial charge < -0.3 is 10.5 Å². The molecule has 0 unspecified atom stereocenters. The van der Waals surface area contributed by atoms with Crippen LogP contribution in [-0.2, 0) is 9.53 Å². The molecule has 0 radical (unpaired) electrons. The fraction of sp³-hybridized carbons (Fsp3) is 0.111. The van der Waals surface area contributed by atoms with Crippen molar-refractivity contribution in [3.05, 3.63) is 28.0 Å². The second kappa shape index (κ2) is 4.57. The molecule has 0 saturated heterocycles. The number of esters is 1. The van der Waals surface area contributed by atoms with Crippen molar-refractivity contribution < 1.29 is 14.3 Å². The van der Waals surface area contributed by atoms with Gasteiger partial charge in [-0.1, -0.05) is 0 Å². The summed E-state index contributed by atoms with van der Waals surface area (Å²) in [4.78, 5) is 22.2. The number of nitrogens with two attached hydrogens (primary N) is 1. The molecule has 4 nitrogen and oxygen atoms in total. The minimum absolute atomic E-state index is 0.389. The zero-order chi connectivity index (χ0) is 10.6. The maximum atomic E-state index is 11.0. The van der Waals surface area contributed by atoms with Gasteiger partial charge in [0.25, 0.3) is 0 Å². The monoisotopic (exact) mass is 211 g/mol. The molecule has 0 aliphatic heterocycles. The number of primary amides is 1. The summed E-state index contributed by atoms with van der Waals surface area (Å²) in [6.45, 7) is 0. The maximum absolute atomic E-state index is 11.0. The summed E-state index contributed by atoms with van der Waals surface area (Å²) in [5, 5.41) is 1.66. The fourth-order valence-electron chi connectivity index (χ4n) is 0.829. The molecule has 0 spiro atoms. The highest BCUT2D eigenvalue weighted by molar-refractivity contribution is 7.11. The van der Waals surface area contributed by atoms with Crippen LogP contribution in [0.5, 0.6) is 0 Å². The Hall–Kier alpha value is -1.62. The average molecular weight is 211 g/mol. The topological polar surface area (TPSA) is 69.4 Å². The molecule has 0 aliphatic carbocycles. The van der Waals surface area contributed by atoms with Crippen LogP contribution in [0.2, 0.25) is 0 Å². The van der Waals surface area contributed by atoms with Gasteiger partial charge in [0.15, 0.2) is 0 Å². The van der Waals surface area contributed by atoms with E-state index in [1.165, 1.54) is 24.5 Å². The van der Waals surface area contributed by atoms with E-state index in [-0.39, 0.29) is 5.97 Å². The minimum atomic E-state index is -0.516. The summed E-state index contributed by atoms with van der Waals surface area (Å²) < 4.78 is 4.53. The largest absolute Gasteiger partial charge is 0.465 e. The fourth-order valence-corrected chi connectivity index (χ4v) is 1.60. The molecule has 0 bridgehead atoms. The van der Waals surface area contributed by atoms with Gasteiger partial charge in [0, 0.05) is 16.3 Å². The lowest BCUT2D eigenvalue weighted by Crippen LogP contribution is -2.04. The molecular weight excluding hydrogens is 202 g/mol. The zero-order valence-electron chi connectivity index (χ0n) is 7.52. The summed E-state index contributed by atoms with van der Waals surface area (Å²) in [5.74, 6) is -0.905. The standard InChI is InChI=1S/C9H9NO3S/c1-13-9(12)6-4-7(14-5-6)2-3-8(10)11/h2-5H,1H3,(H2,10,11). The van der Waals surface area contributed by atoms with E-state index in [1.54, 1.807) is 17.5 Å². The first-order valence-corrected chi connectivity index (χ1v) is 4.66. The van der Waals surface area contributed by atoms with Gasteiger partial charge in [-0.2, -0.15) is 0 Å². The van der Waals surface area contributed by atoms with Gasteiger partial charge in [-0.15, -0.1) is 11.3 Å². The van der Waals surface area contributed by atoms with E-state index >= 15 is 0 Å². The Kier molecular flexibility index (Phi) is 3.41. The molecule has 1 heterocycles. The molecule has 0 saturated carbocycles. The number of rotatable bonds is 3. The summed E-state index contributed by atoms with van der Waals surface area (Å²) in [5.41, 5.74) is 5.39.